The highest BCUT2D eigenvalue weighted by atomic mass is 16.6. The van der Waals surface area contributed by atoms with Gasteiger partial charge in [0.15, 0.2) is 0 Å². The predicted octanol–water partition coefficient (Wildman–Crippen LogP) is 10.1. The van der Waals surface area contributed by atoms with Crippen LogP contribution in [0.5, 0.6) is 5.75 Å². The number of likely N-dealkylation sites (tertiary alicyclic amines) is 2. The highest BCUT2D eigenvalue weighted by Crippen LogP contribution is 2.48. The zero-order valence-corrected chi connectivity index (χ0v) is 37.6. The molecule has 0 spiro atoms. The monoisotopic (exact) mass is 858 g/mol. The van der Waals surface area contributed by atoms with Crippen LogP contribution in [0.15, 0.2) is 91.0 Å². The SMILES string of the molecule is COc1ccc(CNc2ccc(C3CCC(c4ccc(NC(=O)[C@@H]5CCCN5C(=O)O)cc4)N3c3ccc(C(C)(C)C)cc3)cc2NC(=O)[C@@H]2CCCN2C(=O)OC(C)(C)C)cc1. The van der Waals surface area contributed by atoms with E-state index in [0.29, 0.717) is 56.7 Å². The fourth-order valence-corrected chi connectivity index (χ4v) is 9.00. The first-order valence-electron chi connectivity index (χ1n) is 22.1. The van der Waals surface area contributed by atoms with Crippen molar-refractivity contribution in [2.75, 3.05) is 41.0 Å². The van der Waals surface area contributed by atoms with E-state index in [4.69, 9.17) is 9.47 Å². The van der Waals surface area contributed by atoms with Crippen LogP contribution in [0, 0.1) is 0 Å². The van der Waals surface area contributed by atoms with E-state index >= 15 is 0 Å². The Balaban J connectivity index is 1.19. The molecule has 3 aliphatic heterocycles. The van der Waals surface area contributed by atoms with E-state index in [9.17, 15) is 24.3 Å². The fourth-order valence-electron chi connectivity index (χ4n) is 9.00. The number of carbonyl (C=O) groups is 4. The van der Waals surface area contributed by atoms with Crippen LogP contribution in [-0.4, -0.2) is 76.8 Å². The minimum absolute atomic E-state index is 0.00985. The van der Waals surface area contributed by atoms with Crippen LogP contribution in [0.1, 0.15) is 114 Å². The standard InChI is InChI=1S/C50H62N6O7/c1-49(2,3)35-17-21-37(22-18-35)56-41(33-14-19-36(20-15-33)52-45(57)43-10-8-28-54(43)47(59)60)26-27-42(56)34-16-25-39(51-31-32-12-23-38(62-7)24-13-32)40(30-34)53-46(58)44-11-9-29-55(44)48(61)63-50(4,5)6/h12-25,30,41-44,51H,8-11,26-29,31H2,1-7H3,(H,52,57)(H,53,58)(H,59,60)/t41?,42?,43-,44-/m0/s1. The number of anilines is 4. The average molecular weight is 859 g/mol. The maximum atomic E-state index is 14.2. The summed E-state index contributed by atoms with van der Waals surface area (Å²) in [5, 5.41) is 19.3. The van der Waals surface area contributed by atoms with Gasteiger partial charge in [0.1, 0.15) is 23.4 Å². The van der Waals surface area contributed by atoms with E-state index in [2.05, 4.69) is 78.0 Å². The molecule has 3 fully saturated rings. The van der Waals surface area contributed by atoms with Gasteiger partial charge in [-0.3, -0.25) is 19.4 Å². The van der Waals surface area contributed by atoms with Crippen LogP contribution in [0.3, 0.4) is 0 Å². The van der Waals surface area contributed by atoms with E-state index in [1.54, 1.807) is 7.11 Å². The first-order valence-corrected chi connectivity index (χ1v) is 22.1. The highest BCUT2D eigenvalue weighted by molar-refractivity contribution is 5.99. The van der Waals surface area contributed by atoms with E-state index < -0.39 is 29.9 Å². The maximum Gasteiger partial charge on any atom is 0.410 e. The van der Waals surface area contributed by atoms with Crippen LogP contribution in [0.4, 0.5) is 32.3 Å². The molecule has 3 aliphatic rings. The number of rotatable bonds is 11. The molecular weight excluding hydrogens is 797 g/mol. The zero-order valence-electron chi connectivity index (χ0n) is 37.6. The molecule has 0 bridgehead atoms. The lowest BCUT2D eigenvalue weighted by Gasteiger charge is -2.34. The molecule has 0 aliphatic carbocycles. The first-order chi connectivity index (χ1) is 30.0. The molecule has 7 rings (SSSR count). The van der Waals surface area contributed by atoms with Gasteiger partial charge in [-0.1, -0.05) is 63.2 Å². The van der Waals surface area contributed by atoms with Crippen LogP contribution < -0.4 is 25.6 Å². The molecule has 0 saturated carbocycles. The summed E-state index contributed by atoms with van der Waals surface area (Å²) in [7, 11) is 1.64. The van der Waals surface area contributed by atoms with E-state index in [1.165, 1.54) is 15.4 Å². The third-order valence-electron chi connectivity index (χ3n) is 12.3. The topological polar surface area (TPSA) is 153 Å². The molecular formula is C50H62N6O7. The van der Waals surface area contributed by atoms with Gasteiger partial charge in [-0.15, -0.1) is 0 Å². The highest BCUT2D eigenvalue weighted by Gasteiger charge is 2.39. The van der Waals surface area contributed by atoms with E-state index in [-0.39, 0.29) is 29.3 Å². The molecule has 3 saturated heterocycles. The second-order valence-electron chi connectivity index (χ2n) is 18.9. The molecule has 63 heavy (non-hydrogen) atoms. The van der Waals surface area contributed by atoms with Crippen LogP contribution >= 0.6 is 0 Å². The number of ether oxygens (including phenoxy) is 2. The maximum absolute atomic E-state index is 14.2. The number of methoxy groups -OCH3 is 1. The van der Waals surface area contributed by atoms with Gasteiger partial charge in [-0.2, -0.15) is 0 Å². The second-order valence-corrected chi connectivity index (χ2v) is 18.9. The van der Waals surface area contributed by atoms with Gasteiger partial charge in [0.05, 0.1) is 30.6 Å². The van der Waals surface area contributed by atoms with Gasteiger partial charge in [0, 0.05) is 31.0 Å². The fraction of sp³-hybridized carbons (Fsp3) is 0.440. The summed E-state index contributed by atoms with van der Waals surface area (Å²) in [5.74, 6) is 0.183. The Hall–Kier alpha value is -6.24. The van der Waals surface area contributed by atoms with E-state index in [0.717, 1.165) is 46.7 Å². The predicted molar refractivity (Wildman–Crippen MR) is 247 cm³/mol. The number of amides is 4. The lowest BCUT2D eigenvalue weighted by molar-refractivity contribution is -0.120. The number of hydrogen-bond acceptors (Lipinski definition) is 8. The largest absolute Gasteiger partial charge is 0.497 e. The molecule has 3 heterocycles. The second kappa shape index (κ2) is 18.6. The van der Waals surface area contributed by atoms with E-state index in [1.807, 2.05) is 75.4 Å². The molecule has 4 aromatic carbocycles. The lowest BCUT2D eigenvalue weighted by atomic mass is 9.87. The zero-order chi connectivity index (χ0) is 45.1. The van der Waals surface area contributed by atoms with Crippen molar-refractivity contribution >= 4 is 46.8 Å². The van der Waals surface area contributed by atoms with Gasteiger partial charge in [-0.05, 0) is 135 Å². The first kappa shape index (κ1) is 44.8. The number of nitrogens with one attached hydrogen (secondary N) is 3. The summed E-state index contributed by atoms with van der Waals surface area (Å²) in [6.07, 6.45) is 2.49. The van der Waals surface area contributed by atoms with Gasteiger partial charge in [0.2, 0.25) is 11.8 Å². The lowest BCUT2D eigenvalue weighted by Crippen LogP contribution is -2.45. The number of hydrogen-bond donors (Lipinski definition) is 4. The third kappa shape index (κ3) is 10.5. The Kier molecular flexibility index (Phi) is 13.2. The molecule has 4 amide bonds. The Bertz CT molecular complexity index is 2270. The summed E-state index contributed by atoms with van der Waals surface area (Å²) in [4.78, 5) is 57.5. The van der Waals surface area contributed by atoms with Crippen LogP contribution in [-0.2, 0) is 26.3 Å². The molecule has 13 heteroatoms. The molecule has 4 aromatic rings. The van der Waals surface area contributed by atoms with Crippen LogP contribution in [0.25, 0.3) is 0 Å². The molecule has 13 nitrogen and oxygen atoms in total. The quantitative estimate of drug-likeness (QED) is 0.115. The molecule has 4 atom stereocenters. The Morgan fingerprint density at radius 1 is 0.683 bits per heavy atom. The number of nitrogens with zero attached hydrogens (tertiary/aromatic N) is 3. The molecule has 0 aromatic heterocycles. The molecule has 4 N–H and O–H groups in total. The minimum Gasteiger partial charge on any atom is -0.497 e. The van der Waals surface area contributed by atoms with Crippen molar-refractivity contribution < 1.29 is 33.8 Å². The minimum atomic E-state index is -1.08. The van der Waals surface area contributed by atoms with Crippen molar-refractivity contribution in [1.29, 1.82) is 0 Å². The van der Waals surface area contributed by atoms with Gasteiger partial charge in [-0.25, -0.2) is 9.59 Å². The summed E-state index contributed by atoms with van der Waals surface area (Å²) >= 11 is 0. The summed E-state index contributed by atoms with van der Waals surface area (Å²) in [6.45, 7) is 13.4. The number of carbonyl (C=O) groups excluding carboxylic acids is 3. The molecule has 0 radical (unpaired) electrons. The Labute approximate surface area is 371 Å². The molecule has 2 unspecified atom stereocenters. The van der Waals surface area contributed by atoms with Crippen molar-refractivity contribution in [2.24, 2.45) is 0 Å². The van der Waals surface area contributed by atoms with Crippen LogP contribution in [0.2, 0.25) is 0 Å². The molecule has 334 valence electrons. The van der Waals surface area contributed by atoms with Gasteiger partial charge < -0.3 is 35.4 Å². The summed E-state index contributed by atoms with van der Waals surface area (Å²) in [6, 6.07) is 29.2. The normalized spacial score (nSPS) is 20.1. The van der Waals surface area contributed by atoms with Crippen molar-refractivity contribution in [3.8, 4) is 5.75 Å². The Morgan fingerprint density at radius 2 is 1.27 bits per heavy atom. The third-order valence-corrected chi connectivity index (χ3v) is 12.3. The smallest absolute Gasteiger partial charge is 0.410 e. The van der Waals surface area contributed by atoms with Crippen molar-refractivity contribution in [3.63, 3.8) is 0 Å². The van der Waals surface area contributed by atoms with Crippen molar-refractivity contribution in [2.45, 2.75) is 122 Å². The average Bonchev–Trinajstić information content (AvgIpc) is 4.04. The van der Waals surface area contributed by atoms with Gasteiger partial charge in [0.25, 0.3) is 0 Å². The van der Waals surface area contributed by atoms with Crippen molar-refractivity contribution in [1.82, 2.24) is 9.80 Å². The number of carboxylic acid groups (broad SMARTS) is 1. The number of benzene rings is 4. The van der Waals surface area contributed by atoms with Crippen molar-refractivity contribution in [3.05, 3.63) is 113 Å². The van der Waals surface area contributed by atoms with Gasteiger partial charge >= 0.3 is 12.2 Å². The summed E-state index contributed by atoms with van der Waals surface area (Å²) in [5.41, 5.74) is 6.72. The Morgan fingerprint density at radius 3 is 1.87 bits per heavy atom. The summed E-state index contributed by atoms with van der Waals surface area (Å²) < 4.78 is 11.0.